The van der Waals surface area contributed by atoms with E-state index in [4.69, 9.17) is 0 Å². The molecule has 2 N–H and O–H groups in total. The van der Waals surface area contributed by atoms with Crippen molar-refractivity contribution in [1.29, 1.82) is 0 Å². The molecule has 0 saturated carbocycles. The second-order valence-electron chi connectivity index (χ2n) is 4.96. The maximum absolute atomic E-state index is 4.41. The summed E-state index contributed by atoms with van der Waals surface area (Å²) >= 11 is 0. The molecule has 1 aromatic heterocycles. The lowest BCUT2D eigenvalue weighted by atomic mass is 10.0. The van der Waals surface area contributed by atoms with Gasteiger partial charge in [0.15, 0.2) is 5.82 Å². The van der Waals surface area contributed by atoms with E-state index in [2.05, 4.69) is 52.7 Å². The first-order valence-electron chi connectivity index (χ1n) is 7.00. The van der Waals surface area contributed by atoms with Gasteiger partial charge in [-0.25, -0.2) is 0 Å². The van der Waals surface area contributed by atoms with Gasteiger partial charge in [-0.05, 0) is 24.0 Å². The maximum atomic E-state index is 4.41. The fourth-order valence-electron chi connectivity index (χ4n) is 1.93. The number of hydrogen-bond donors (Lipinski definition) is 2. The highest BCUT2D eigenvalue weighted by molar-refractivity contribution is 5.59. The standard InChI is InChI=1S/C15H21N5/c1-4-9-16-14-10-17-20-15(19-14)18-13-8-6-5-7-12(13)11(2)3/h5-8,10-11H,4,9H2,1-3H3,(H2,16,18,19,20). The number of para-hydroxylation sites is 1. The molecule has 0 atom stereocenters. The van der Waals surface area contributed by atoms with Crippen molar-refractivity contribution >= 4 is 17.5 Å². The lowest BCUT2D eigenvalue weighted by Crippen LogP contribution is -2.07. The van der Waals surface area contributed by atoms with Gasteiger partial charge in [0, 0.05) is 12.2 Å². The van der Waals surface area contributed by atoms with E-state index in [0.29, 0.717) is 11.9 Å². The van der Waals surface area contributed by atoms with Crippen LogP contribution in [0.25, 0.3) is 0 Å². The predicted octanol–water partition coefficient (Wildman–Crippen LogP) is 3.56. The molecule has 0 unspecified atom stereocenters. The Balaban J connectivity index is 2.17. The number of anilines is 3. The zero-order valence-electron chi connectivity index (χ0n) is 12.2. The van der Waals surface area contributed by atoms with Crippen LogP contribution in [0.2, 0.25) is 0 Å². The smallest absolute Gasteiger partial charge is 0.249 e. The summed E-state index contributed by atoms with van der Waals surface area (Å²) in [6, 6.07) is 8.18. The topological polar surface area (TPSA) is 62.7 Å². The second kappa shape index (κ2) is 6.84. The first-order valence-corrected chi connectivity index (χ1v) is 7.00. The van der Waals surface area contributed by atoms with Gasteiger partial charge in [-0.1, -0.05) is 39.0 Å². The Kier molecular flexibility index (Phi) is 4.87. The van der Waals surface area contributed by atoms with Gasteiger partial charge in [-0.3, -0.25) is 0 Å². The highest BCUT2D eigenvalue weighted by Crippen LogP contribution is 2.25. The van der Waals surface area contributed by atoms with Gasteiger partial charge < -0.3 is 10.6 Å². The molecule has 106 valence electrons. The first kappa shape index (κ1) is 14.2. The molecule has 0 saturated heterocycles. The van der Waals surface area contributed by atoms with E-state index in [1.807, 2.05) is 18.2 Å². The van der Waals surface area contributed by atoms with E-state index in [0.717, 1.165) is 24.5 Å². The largest absolute Gasteiger partial charge is 0.369 e. The molecule has 0 spiro atoms. The maximum Gasteiger partial charge on any atom is 0.249 e. The van der Waals surface area contributed by atoms with Crippen molar-refractivity contribution < 1.29 is 0 Å². The van der Waals surface area contributed by atoms with Gasteiger partial charge in [0.2, 0.25) is 5.95 Å². The molecule has 2 aromatic rings. The fraction of sp³-hybridized carbons (Fsp3) is 0.400. The SMILES string of the molecule is CCCNc1cnnc(Nc2ccccc2C(C)C)n1. The van der Waals surface area contributed by atoms with Gasteiger partial charge in [0.05, 0.1) is 6.20 Å². The number of rotatable bonds is 6. The molecule has 0 aliphatic rings. The summed E-state index contributed by atoms with van der Waals surface area (Å²) in [4.78, 5) is 4.41. The summed E-state index contributed by atoms with van der Waals surface area (Å²) in [6.07, 6.45) is 2.68. The summed E-state index contributed by atoms with van der Waals surface area (Å²) in [5.41, 5.74) is 2.26. The molecule has 5 nitrogen and oxygen atoms in total. The predicted molar refractivity (Wildman–Crippen MR) is 82.4 cm³/mol. The van der Waals surface area contributed by atoms with Crippen molar-refractivity contribution in [3.05, 3.63) is 36.0 Å². The quantitative estimate of drug-likeness (QED) is 0.841. The highest BCUT2D eigenvalue weighted by Gasteiger charge is 2.07. The number of nitrogens with zero attached hydrogens (tertiary/aromatic N) is 3. The molecular weight excluding hydrogens is 250 g/mol. The molecule has 5 heteroatoms. The molecule has 0 aliphatic carbocycles. The monoisotopic (exact) mass is 271 g/mol. The molecule has 20 heavy (non-hydrogen) atoms. The van der Waals surface area contributed by atoms with Crippen LogP contribution in [-0.2, 0) is 0 Å². The van der Waals surface area contributed by atoms with Crippen LogP contribution in [0.4, 0.5) is 17.5 Å². The van der Waals surface area contributed by atoms with Crippen LogP contribution in [0.1, 0.15) is 38.7 Å². The summed E-state index contributed by atoms with van der Waals surface area (Å²) in [5, 5.41) is 14.5. The van der Waals surface area contributed by atoms with Crippen molar-refractivity contribution in [3.8, 4) is 0 Å². The van der Waals surface area contributed by atoms with Gasteiger partial charge in [0.25, 0.3) is 0 Å². The number of benzene rings is 1. The minimum Gasteiger partial charge on any atom is -0.369 e. The van der Waals surface area contributed by atoms with E-state index >= 15 is 0 Å². The third kappa shape index (κ3) is 3.66. The number of aromatic nitrogens is 3. The van der Waals surface area contributed by atoms with Crippen molar-refractivity contribution in [2.24, 2.45) is 0 Å². The van der Waals surface area contributed by atoms with Crippen molar-refractivity contribution in [1.82, 2.24) is 15.2 Å². The molecule has 0 radical (unpaired) electrons. The Morgan fingerprint density at radius 1 is 1.20 bits per heavy atom. The molecule has 0 bridgehead atoms. The van der Waals surface area contributed by atoms with Gasteiger partial charge in [-0.2, -0.15) is 10.1 Å². The summed E-state index contributed by atoms with van der Waals surface area (Å²) in [6.45, 7) is 7.32. The first-order chi connectivity index (χ1) is 9.70. The van der Waals surface area contributed by atoms with E-state index in [1.165, 1.54) is 5.56 Å². The van der Waals surface area contributed by atoms with Crippen LogP contribution in [0.3, 0.4) is 0 Å². The Bertz CT molecular complexity index is 553. The van der Waals surface area contributed by atoms with E-state index in [-0.39, 0.29) is 0 Å². The number of hydrogen-bond acceptors (Lipinski definition) is 5. The van der Waals surface area contributed by atoms with Crippen molar-refractivity contribution in [2.75, 3.05) is 17.2 Å². The fourth-order valence-corrected chi connectivity index (χ4v) is 1.93. The second-order valence-corrected chi connectivity index (χ2v) is 4.96. The summed E-state index contributed by atoms with van der Waals surface area (Å²) in [7, 11) is 0. The lowest BCUT2D eigenvalue weighted by molar-refractivity contribution is 0.867. The van der Waals surface area contributed by atoms with Crippen LogP contribution in [-0.4, -0.2) is 21.7 Å². The zero-order valence-corrected chi connectivity index (χ0v) is 12.2. The average Bonchev–Trinajstić information content (AvgIpc) is 2.46. The Hall–Kier alpha value is -2.17. The Morgan fingerprint density at radius 3 is 2.75 bits per heavy atom. The summed E-state index contributed by atoms with van der Waals surface area (Å²) in [5.74, 6) is 1.69. The van der Waals surface area contributed by atoms with Crippen LogP contribution < -0.4 is 10.6 Å². The van der Waals surface area contributed by atoms with E-state index in [9.17, 15) is 0 Å². The third-order valence-electron chi connectivity index (χ3n) is 2.94. The van der Waals surface area contributed by atoms with Crippen LogP contribution in [0, 0.1) is 0 Å². The van der Waals surface area contributed by atoms with Crippen molar-refractivity contribution in [3.63, 3.8) is 0 Å². The molecule has 1 heterocycles. The number of nitrogens with one attached hydrogen (secondary N) is 2. The van der Waals surface area contributed by atoms with Crippen LogP contribution in [0.5, 0.6) is 0 Å². The molecule has 0 aliphatic heterocycles. The Morgan fingerprint density at radius 2 is 2.00 bits per heavy atom. The Labute approximate surface area is 119 Å². The minimum atomic E-state index is 0.438. The van der Waals surface area contributed by atoms with E-state index < -0.39 is 0 Å². The third-order valence-corrected chi connectivity index (χ3v) is 2.94. The van der Waals surface area contributed by atoms with Crippen LogP contribution >= 0.6 is 0 Å². The molecule has 0 fully saturated rings. The lowest BCUT2D eigenvalue weighted by Gasteiger charge is -2.13. The highest BCUT2D eigenvalue weighted by atomic mass is 15.3. The van der Waals surface area contributed by atoms with Gasteiger partial charge >= 0.3 is 0 Å². The molecular formula is C15H21N5. The van der Waals surface area contributed by atoms with Gasteiger partial charge in [0.1, 0.15) is 0 Å². The average molecular weight is 271 g/mol. The molecule has 1 aromatic carbocycles. The normalized spacial score (nSPS) is 10.6. The molecule has 2 rings (SSSR count). The van der Waals surface area contributed by atoms with Crippen LogP contribution in [0.15, 0.2) is 30.5 Å². The van der Waals surface area contributed by atoms with E-state index in [1.54, 1.807) is 6.20 Å². The minimum absolute atomic E-state index is 0.438. The van der Waals surface area contributed by atoms with Gasteiger partial charge in [-0.15, -0.1) is 5.10 Å². The molecule has 0 amide bonds. The summed E-state index contributed by atoms with van der Waals surface area (Å²) < 4.78 is 0. The zero-order chi connectivity index (χ0) is 14.4. The van der Waals surface area contributed by atoms with Crippen molar-refractivity contribution in [2.45, 2.75) is 33.1 Å².